The Labute approximate surface area is 235 Å². The molecular weight excluding hydrogens is 512 g/mol. The Hall–Kier alpha value is -3.73. The third-order valence-corrected chi connectivity index (χ3v) is 6.85. The monoisotopic (exact) mass is 554 g/mol. The number of aromatic nitrogens is 2. The predicted octanol–water partition coefficient (Wildman–Crippen LogP) is 3.10. The second-order valence-corrected chi connectivity index (χ2v) is 11.7. The van der Waals surface area contributed by atoms with Gasteiger partial charge in [-0.1, -0.05) is 43.7 Å². The lowest BCUT2D eigenvalue weighted by molar-refractivity contribution is -0.130. The van der Waals surface area contributed by atoms with Crippen molar-refractivity contribution in [3.05, 3.63) is 48.4 Å². The third-order valence-electron chi connectivity index (χ3n) is 6.85. The number of carbonyl (C=O) groups excluding carboxylic acids is 4. The van der Waals surface area contributed by atoms with E-state index in [2.05, 4.69) is 26.3 Å². The molecule has 1 aliphatic rings. The highest BCUT2D eigenvalue weighted by Crippen LogP contribution is 2.33. The molecule has 0 aliphatic carbocycles. The topological polar surface area (TPSA) is 143 Å². The van der Waals surface area contributed by atoms with Crippen LogP contribution in [0.4, 0.5) is 10.6 Å². The van der Waals surface area contributed by atoms with Crippen molar-refractivity contribution in [2.75, 3.05) is 11.9 Å². The smallest absolute Gasteiger partial charge is 0.408 e. The third kappa shape index (κ3) is 7.26. The molecule has 3 amide bonds. The van der Waals surface area contributed by atoms with E-state index in [0.717, 1.165) is 31.2 Å². The number of imidazole rings is 1. The summed E-state index contributed by atoms with van der Waals surface area (Å²) in [7, 11) is 0. The Morgan fingerprint density at radius 1 is 1.18 bits per heavy atom. The van der Waals surface area contributed by atoms with Crippen molar-refractivity contribution < 1.29 is 23.9 Å². The lowest BCUT2D eigenvalue weighted by Gasteiger charge is -2.36. The molecule has 2 unspecified atom stereocenters. The Kier molecular flexibility index (Phi) is 9.73. The molecule has 40 heavy (non-hydrogen) atoms. The number of rotatable bonds is 11. The molecule has 11 heteroatoms. The van der Waals surface area contributed by atoms with Gasteiger partial charge in [0.2, 0.25) is 11.8 Å². The number of amides is 3. The minimum absolute atomic E-state index is 0.142. The fraction of sp³-hybridized carbons (Fsp3) is 0.552. The van der Waals surface area contributed by atoms with Crippen molar-refractivity contribution in [1.29, 1.82) is 0 Å². The van der Waals surface area contributed by atoms with Gasteiger partial charge in [0, 0.05) is 12.2 Å². The lowest BCUT2D eigenvalue weighted by atomic mass is 9.82. The molecule has 2 aromatic rings. The number of carbonyl (C=O) groups is 4. The average Bonchev–Trinajstić information content (AvgIpc) is 3.57. The molecule has 2 heterocycles. The van der Waals surface area contributed by atoms with Crippen LogP contribution in [0.5, 0.6) is 0 Å². The molecule has 1 saturated heterocycles. The summed E-state index contributed by atoms with van der Waals surface area (Å²) >= 11 is 0. The zero-order chi connectivity index (χ0) is 29.6. The van der Waals surface area contributed by atoms with E-state index in [4.69, 9.17) is 4.74 Å². The molecule has 0 spiro atoms. The standard InChI is InChI=1S/C29H42N6O5/c1-7-12-21(32-25(38)28(5,6)34-26(39)40-27(2,3)4)24(37)33-23-17-35(19-31-23)29(18-36,22-15-11-16-30-22)20-13-9-8-10-14-20/h8-10,13-14,17-19,21-22,30H,7,11-12,15-16H2,1-6H3,(H,32,38)(H,33,37)(H,34,39)/t21-,22?,29?/m1/s1. The first-order valence-electron chi connectivity index (χ1n) is 13.7. The minimum Gasteiger partial charge on any atom is -0.444 e. The van der Waals surface area contributed by atoms with Crippen molar-refractivity contribution in [2.24, 2.45) is 0 Å². The van der Waals surface area contributed by atoms with E-state index in [9.17, 15) is 19.2 Å². The van der Waals surface area contributed by atoms with E-state index >= 15 is 0 Å². The maximum atomic E-state index is 13.3. The van der Waals surface area contributed by atoms with Crippen LogP contribution in [0.2, 0.25) is 0 Å². The molecule has 4 N–H and O–H groups in total. The van der Waals surface area contributed by atoms with Crippen LogP contribution in [0.3, 0.4) is 0 Å². The van der Waals surface area contributed by atoms with E-state index in [0.29, 0.717) is 12.8 Å². The summed E-state index contributed by atoms with van der Waals surface area (Å²) in [5.74, 6) is -0.732. The van der Waals surface area contributed by atoms with Crippen molar-refractivity contribution in [1.82, 2.24) is 25.5 Å². The van der Waals surface area contributed by atoms with Crippen molar-refractivity contribution in [3.8, 4) is 0 Å². The highest BCUT2D eigenvalue weighted by atomic mass is 16.6. The number of nitrogens with one attached hydrogen (secondary N) is 4. The number of ether oxygens (including phenoxy) is 1. The fourth-order valence-corrected chi connectivity index (χ4v) is 4.82. The van der Waals surface area contributed by atoms with Gasteiger partial charge >= 0.3 is 6.09 Å². The van der Waals surface area contributed by atoms with Gasteiger partial charge in [0.05, 0.1) is 6.33 Å². The Morgan fingerprint density at radius 2 is 1.88 bits per heavy atom. The highest BCUT2D eigenvalue weighted by molar-refractivity contribution is 5.98. The van der Waals surface area contributed by atoms with E-state index < -0.39 is 40.6 Å². The van der Waals surface area contributed by atoms with Gasteiger partial charge in [-0.15, -0.1) is 0 Å². The molecule has 0 radical (unpaired) electrons. The molecule has 3 rings (SSSR count). The predicted molar refractivity (Wildman–Crippen MR) is 152 cm³/mol. The van der Waals surface area contributed by atoms with E-state index in [1.807, 2.05) is 37.3 Å². The molecule has 1 fully saturated rings. The van der Waals surface area contributed by atoms with Crippen LogP contribution < -0.4 is 21.3 Å². The normalized spacial score (nSPS) is 17.8. The molecule has 3 atom stereocenters. The second kappa shape index (κ2) is 12.6. The van der Waals surface area contributed by atoms with Crippen LogP contribution in [0.15, 0.2) is 42.9 Å². The molecule has 11 nitrogen and oxygen atoms in total. The van der Waals surface area contributed by atoms with Gasteiger partial charge in [0.25, 0.3) is 0 Å². The van der Waals surface area contributed by atoms with Crippen LogP contribution in [0.25, 0.3) is 0 Å². The first kappa shape index (κ1) is 30.8. The molecule has 1 aliphatic heterocycles. The zero-order valence-electron chi connectivity index (χ0n) is 24.2. The van der Waals surface area contributed by atoms with Crippen LogP contribution in [0.1, 0.15) is 72.8 Å². The maximum Gasteiger partial charge on any atom is 0.408 e. The number of anilines is 1. The van der Waals surface area contributed by atoms with Crippen molar-refractivity contribution in [2.45, 2.75) is 96.0 Å². The van der Waals surface area contributed by atoms with Gasteiger partial charge in [-0.05, 0) is 66.0 Å². The van der Waals surface area contributed by atoms with E-state index in [1.54, 1.807) is 31.5 Å². The number of hydrogen-bond donors (Lipinski definition) is 4. The van der Waals surface area contributed by atoms with Crippen LogP contribution in [-0.4, -0.2) is 63.5 Å². The Balaban J connectivity index is 1.77. The van der Waals surface area contributed by atoms with Gasteiger partial charge in [-0.2, -0.15) is 0 Å². The van der Waals surface area contributed by atoms with Gasteiger partial charge in [0.15, 0.2) is 12.1 Å². The summed E-state index contributed by atoms with van der Waals surface area (Å²) in [4.78, 5) is 55.7. The van der Waals surface area contributed by atoms with Crippen LogP contribution in [-0.2, 0) is 24.7 Å². The second-order valence-electron chi connectivity index (χ2n) is 11.7. The summed E-state index contributed by atoms with van der Waals surface area (Å²) in [5.41, 5.74) is -2.28. The molecule has 218 valence electrons. The summed E-state index contributed by atoms with van der Waals surface area (Å²) in [6.45, 7) is 11.0. The fourth-order valence-electron chi connectivity index (χ4n) is 4.82. The SMILES string of the molecule is CCC[C@@H](NC(=O)C(C)(C)NC(=O)OC(C)(C)C)C(=O)Nc1cn(C(C=O)(c2ccccc2)C2CCCN2)cn1. The van der Waals surface area contributed by atoms with Crippen molar-refractivity contribution in [3.63, 3.8) is 0 Å². The van der Waals surface area contributed by atoms with Gasteiger partial charge < -0.3 is 35.4 Å². The lowest BCUT2D eigenvalue weighted by Crippen LogP contribution is -2.58. The summed E-state index contributed by atoms with van der Waals surface area (Å²) in [6, 6.07) is 8.48. The number of benzene rings is 1. The molecule has 0 bridgehead atoms. The zero-order valence-corrected chi connectivity index (χ0v) is 24.2. The maximum absolute atomic E-state index is 13.3. The quantitative estimate of drug-likeness (QED) is 0.313. The molecule has 1 aromatic heterocycles. The largest absolute Gasteiger partial charge is 0.444 e. The van der Waals surface area contributed by atoms with Gasteiger partial charge in [-0.3, -0.25) is 9.59 Å². The van der Waals surface area contributed by atoms with E-state index in [-0.39, 0.29) is 11.9 Å². The number of alkyl carbamates (subject to hydrolysis) is 1. The summed E-state index contributed by atoms with van der Waals surface area (Å²) in [6.07, 6.45) is 6.13. The molecule has 0 saturated carbocycles. The summed E-state index contributed by atoms with van der Waals surface area (Å²) < 4.78 is 6.99. The highest BCUT2D eigenvalue weighted by Gasteiger charge is 2.44. The Morgan fingerprint density at radius 3 is 2.45 bits per heavy atom. The van der Waals surface area contributed by atoms with Crippen molar-refractivity contribution >= 4 is 30.0 Å². The number of hydrogen-bond acceptors (Lipinski definition) is 7. The molecule has 1 aromatic carbocycles. The van der Waals surface area contributed by atoms with Gasteiger partial charge in [-0.25, -0.2) is 9.78 Å². The summed E-state index contributed by atoms with van der Waals surface area (Å²) in [5, 5.41) is 11.5. The van der Waals surface area contributed by atoms with Crippen LogP contribution in [0, 0.1) is 0 Å². The number of nitrogens with zero attached hydrogens (tertiary/aromatic N) is 2. The van der Waals surface area contributed by atoms with Crippen LogP contribution >= 0.6 is 0 Å². The van der Waals surface area contributed by atoms with Gasteiger partial charge in [0.1, 0.15) is 22.7 Å². The number of aldehydes is 1. The minimum atomic E-state index is -1.33. The Bertz CT molecular complexity index is 1180. The first-order valence-corrected chi connectivity index (χ1v) is 13.7. The average molecular weight is 555 g/mol. The first-order chi connectivity index (χ1) is 18.8. The molecular formula is C29H42N6O5. The van der Waals surface area contributed by atoms with E-state index in [1.165, 1.54) is 20.2 Å².